The summed E-state index contributed by atoms with van der Waals surface area (Å²) in [4.78, 5) is 13.9. The highest BCUT2D eigenvalue weighted by atomic mass is 127. The van der Waals surface area contributed by atoms with E-state index < -0.39 is 0 Å². The molecule has 2 saturated heterocycles. The van der Waals surface area contributed by atoms with Crippen LogP contribution in [-0.4, -0.2) is 67.7 Å². The normalized spacial score (nSPS) is 22.2. The number of hydrogen-bond acceptors (Lipinski definition) is 4. The summed E-state index contributed by atoms with van der Waals surface area (Å²) in [6.45, 7) is 7.71. The molecule has 0 spiro atoms. The van der Waals surface area contributed by atoms with Crippen LogP contribution in [0.5, 0.6) is 0 Å². The summed E-state index contributed by atoms with van der Waals surface area (Å²) in [6, 6.07) is 7.24. The first kappa shape index (κ1) is 22.2. The van der Waals surface area contributed by atoms with Crippen molar-refractivity contribution >= 4 is 35.8 Å². The predicted octanol–water partition coefficient (Wildman–Crippen LogP) is 2.71. The van der Waals surface area contributed by atoms with Crippen molar-refractivity contribution in [1.82, 2.24) is 20.5 Å². The van der Waals surface area contributed by atoms with Crippen LogP contribution < -0.4 is 15.5 Å². The topological polar surface area (TPSA) is 55.8 Å². The summed E-state index contributed by atoms with van der Waals surface area (Å²) in [6.07, 6.45) is 8.08. The Morgan fingerprint density at radius 3 is 2.67 bits per heavy atom. The van der Waals surface area contributed by atoms with Gasteiger partial charge in [0.2, 0.25) is 0 Å². The van der Waals surface area contributed by atoms with Gasteiger partial charge in [0.15, 0.2) is 5.96 Å². The highest BCUT2D eigenvalue weighted by Crippen LogP contribution is 2.18. The van der Waals surface area contributed by atoms with Gasteiger partial charge in [0, 0.05) is 45.0 Å². The maximum atomic E-state index is 4.47. The minimum atomic E-state index is 0. The molecule has 2 fully saturated rings. The van der Waals surface area contributed by atoms with Crippen LogP contribution in [0.15, 0.2) is 29.4 Å². The first-order valence-electron chi connectivity index (χ1n) is 10.2. The second-order valence-corrected chi connectivity index (χ2v) is 7.32. The Morgan fingerprint density at radius 1 is 1.19 bits per heavy atom. The number of nitrogens with zero attached hydrogens (tertiary/aromatic N) is 4. The lowest BCUT2D eigenvalue weighted by atomic mass is 10.0. The van der Waals surface area contributed by atoms with Crippen LogP contribution >= 0.6 is 24.0 Å². The molecule has 0 radical (unpaired) electrons. The molecule has 1 unspecified atom stereocenters. The summed E-state index contributed by atoms with van der Waals surface area (Å²) in [5.74, 6) is 2.04. The molecule has 0 saturated carbocycles. The Kier molecular flexibility index (Phi) is 9.61. The summed E-state index contributed by atoms with van der Waals surface area (Å²) in [7, 11) is 1.87. The van der Waals surface area contributed by atoms with Crippen molar-refractivity contribution in [2.45, 2.75) is 51.1 Å². The van der Waals surface area contributed by atoms with Gasteiger partial charge in [-0.3, -0.25) is 9.89 Å². The number of halogens is 1. The summed E-state index contributed by atoms with van der Waals surface area (Å²) >= 11 is 0. The molecule has 3 heterocycles. The molecular weight excluding hydrogens is 451 g/mol. The molecule has 2 aliphatic heterocycles. The molecule has 6 nitrogen and oxygen atoms in total. The zero-order valence-electron chi connectivity index (χ0n) is 16.7. The first-order valence-corrected chi connectivity index (χ1v) is 10.2. The van der Waals surface area contributed by atoms with Gasteiger partial charge in [-0.05, 0) is 50.9 Å². The van der Waals surface area contributed by atoms with Gasteiger partial charge in [-0.15, -0.1) is 24.0 Å². The second-order valence-electron chi connectivity index (χ2n) is 7.32. The molecule has 152 valence electrons. The van der Waals surface area contributed by atoms with Crippen molar-refractivity contribution in [2.75, 3.05) is 44.7 Å². The van der Waals surface area contributed by atoms with Gasteiger partial charge >= 0.3 is 0 Å². The third-order valence-electron chi connectivity index (χ3n) is 5.69. The highest BCUT2D eigenvalue weighted by molar-refractivity contribution is 14.0. The number of nitrogens with one attached hydrogen (secondary N) is 2. The minimum absolute atomic E-state index is 0. The monoisotopic (exact) mass is 486 g/mol. The second kappa shape index (κ2) is 11.7. The lowest BCUT2D eigenvalue weighted by Crippen LogP contribution is -2.52. The van der Waals surface area contributed by atoms with Crippen LogP contribution in [-0.2, 0) is 0 Å². The average Bonchev–Trinajstić information content (AvgIpc) is 2.72. The predicted molar refractivity (Wildman–Crippen MR) is 124 cm³/mol. The van der Waals surface area contributed by atoms with E-state index in [4.69, 9.17) is 0 Å². The SMILES string of the molecule is CCN1CCCCC1CNC(=NC)NC1CCN(c2ccccn2)CC1.I. The molecule has 2 N–H and O–H groups in total. The molecule has 1 aromatic rings. The van der Waals surface area contributed by atoms with Crippen LogP contribution in [0.4, 0.5) is 5.82 Å². The standard InChI is InChI=1S/C20H34N6.HI/c1-3-25-13-7-5-8-18(25)16-23-20(21-2)24-17-10-14-26(15-11-17)19-9-4-6-12-22-19;/h4,6,9,12,17-18H,3,5,7-8,10-11,13-16H2,1-2H3,(H2,21,23,24);1H. The Balaban J connectivity index is 0.00000261. The average molecular weight is 486 g/mol. The molecule has 1 atom stereocenters. The van der Waals surface area contributed by atoms with Gasteiger partial charge < -0.3 is 15.5 Å². The van der Waals surface area contributed by atoms with Crippen molar-refractivity contribution in [3.05, 3.63) is 24.4 Å². The van der Waals surface area contributed by atoms with E-state index in [0.29, 0.717) is 12.1 Å². The van der Waals surface area contributed by atoms with Crippen LogP contribution in [0.1, 0.15) is 39.0 Å². The molecule has 7 heteroatoms. The highest BCUT2D eigenvalue weighted by Gasteiger charge is 2.23. The van der Waals surface area contributed by atoms with Gasteiger partial charge in [-0.2, -0.15) is 0 Å². The van der Waals surface area contributed by atoms with Gasteiger partial charge in [-0.1, -0.05) is 19.4 Å². The number of hydrogen-bond donors (Lipinski definition) is 2. The number of aromatic nitrogens is 1. The third kappa shape index (κ3) is 6.48. The third-order valence-corrected chi connectivity index (χ3v) is 5.69. The van der Waals surface area contributed by atoms with E-state index in [2.05, 4.69) is 49.5 Å². The minimum Gasteiger partial charge on any atom is -0.356 e. The molecule has 0 bridgehead atoms. The Morgan fingerprint density at radius 2 is 2.00 bits per heavy atom. The van der Waals surface area contributed by atoms with Crippen molar-refractivity contribution in [3.8, 4) is 0 Å². The number of piperidine rings is 2. The zero-order valence-corrected chi connectivity index (χ0v) is 19.1. The molecule has 1 aromatic heterocycles. The van der Waals surface area contributed by atoms with Gasteiger partial charge in [-0.25, -0.2) is 4.98 Å². The summed E-state index contributed by atoms with van der Waals surface area (Å²) in [5, 5.41) is 7.19. The Labute approximate surface area is 181 Å². The number of likely N-dealkylation sites (N-methyl/N-ethyl adjacent to an activating group) is 1. The molecular formula is C20H35IN6. The van der Waals surface area contributed by atoms with Gasteiger partial charge in [0.25, 0.3) is 0 Å². The molecule has 27 heavy (non-hydrogen) atoms. The van der Waals surface area contributed by atoms with Crippen LogP contribution in [0.3, 0.4) is 0 Å². The van der Waals surface area contributed by atoms with E-state index in [1.54, 1.807) is 0 Å². The van der Waals surface area contributed by atoms with Crippen molar-refractivity contribution in [3.63, 3.8) is 0 Å². The van der Waals surface area contributed by atoms with E-state index in [1.807, 2.05) is 19.3 Å². The number of aliphatic imine (C=N–C) groups is 1. The van der Waals surface area contributed by atoms with Crippen LogP contribution in [0, 0.1) is 0 Å². The first-order chi connectivity index (χ1) is 12.8. The number of rotatable bonds is 5. The van der Waals surface area contributed by atoms with E-state index in [-0.39, 0.29) is 24.0 Å². The van der Waals surface area contributed by atoms with E-state index >= 15 is 0 Å². The fourth-order valence-corrected chi connectivity index (χ4v) is 4.10. The lowest BCUT2D eigenvalue weighted by molar-refractivity contribution is 0.157. The molecule has 3 rings (SSSR count). The van der Waals surface area contributed by atoms with Crippen LogP contribution in [0.25, 0.3) is 0 Å². The number of pyridine rings is 1. The number of anilines is 1. The number of likely N-dealkylation sites (tertiary alicyclic amines) is 1. The zero-order chi connectivity index (χ0) is 18.2. The Bertz CT molecular complexity index is 559. The fourth-order valence-electron chi connectivity index (χ4n) is 4.10. The molecule has 0 aromatic carbocycles. The maximum absolute atomic E-state index is 4.47. The quantitative estimate of drug-likeness (QED) is 0.381. The number of guanidine groups is 1. The fraction of sp³-hybridized carbons (Fsp3) is 0.700. The summed E-state index contributed by atoms with van der Waals surface area (Å²) < 4.78 is 0. The molecule has 0 aliphatic carbocycles. The van der Waals surface area contributed by atoms with Gasteiger partial charge in [0.1, 0.15) is 5.82 Å². The lowest BCUT2D eigenvalue weighted by Gasteiger charge is -2.36. The van der Waals surface area contributed by atoms with Crippen molar-refractivity contribution in [2.24, 2.45) is 4.99 Å². The van der Waals surface area contributed by atoms with E-state index in [0.717, 1.165) is 50.8 Å². The maximum Gasteiger partial charge on any atom is 0.191 e. The molecule has 0 amide bonds. The summed E-state index contributed by atoms with van der Waals surface area (Å²) in [5.41, 5.74) is 0. The largest absolute Gasteiger partial charge is 0.356 e. The van der Waals surface area contributed by atoms with Crippen molar-refractivity contribution in [1.29, 1.82) is 0 Å². The van der Waals surface area contributed by atoms with Crippen molar-refractivity contribution < 1.29 is 0 Å². The van der Waals surface area contributed by atoms with E-state index in [1.165, 1.54) is 25.8 Å². The van der Waals surface area contributed by atoms with E-state index in [9.17, 15) is 0 Å². The Hall–Kier alpha value is -1.09. The smallest absolute Gasteiger partial charge is 0.191 e. The molecule has 2 aliphatic rings. The van der Waals surface area contributed by atoms with Crippen LogP contribution in [0.2, 0.25) is 0 Å². The van der Waals surface area contributed by atoms with Gasteiger partial charge in [0.05, 0.1) is 0 Å².